The molecule has 0 heterocycles. The Kier molecular flexibility index (Phi) is 4.92. The fraction of sp³-hybridized carbons (Fsp3) is 0.611. The van der Waals surface area contributed by atoms with Gasteiger partial charge >= 0.3 is 6.61 Å². The second-order valence-corrected chi connectivity index (χ2v) is 6.84. The summed E-state index contributed by atoms with van der Waals surface area (Å²) in [6, 6.07) is 4.35. The summed E-state index contributed by atoms with van der Waals surface area (Å²) in [5.74, 6) is 1.91. The van der Waals surface area contributed by atoms with Crippen LogP contribution in [0.15, 0.2) is 18.2 Å². The molecular weight excluding hydrogens is 316 g/mol. The number of nitrogens with one attached hydrogen (secondary N) is 1. The largest absolute Gasteiger partial charge is 0.493 e. The Morgan fingerprint density at radius 1 is 1.25 bits per heavy atom. The van der Waals surface area contributed by atoms with Crippen LogP contribution in [0.5, 0.6) is 11.5 Å². The number of alkyl halides is 2. The summed E-state index contributed by atoms with van der Waals surface area (Å²) in [5.41, 5.74) is 0.378. The fourth-order valence-electron chi connectivity index (χ4n) is 4.31. The van der Waals surface area contributed by atoms with Crippen molar-refractivity contribution in [2.45, 2.75) is 45.3 Å². The van der Waals surface area contributed by atoms with Gasteiger partial charge in [-0.1, -0.05) is 6.42 Å². The molecule has 0 aromatic heterocycles. The van der Waals surface area contributed by atoms with E-state index in [-0.39, 0.29) is 23.4 Å². The van der Waals surface area contributed by atoms with Crippen molar-refractivity contribution in [3.05, 3.63) is 23.8 Å². The van der Waals surface area contributed by atoms with Gasteiger partial charge in [-0.15, -0.1) is 0 Å². The van der Waals surface area contributed by atoms with Crippen LogP contribution in [0.3, 0.4) is 0 Å². The molecule has 4 atom stereocenters. The SMILES string of the molecule is COc1cc(C(=O)N[C@@H](C)[C@@H]2C[C@H]3CC[C@H]2C3)ccc1OC(F)F. The minimum absolute atomic E-state index is 0.0785. The van der Waals surface area contributed by atoms with Crippen LogP contribution in [-0.2, 0) is 0 Å². The average Bonchev–Trinajstić information content (AvgIpc) is 3.17. The minimum atomic E-state index is -2.93. The normalized spacial score (nSPS) is 26.5. The molecule has 1 amide bonds. The Hall–Kier alpha value is -1.85. The first-order valence-electron chi connectivity index (χ1n) is 8.41. The topological polar surface area (TPSA) is 47.6 Å². The molecule has 0 unspecified atom stereocenters. The van der Waals surface area contributed by atoms with Crippen molar-refractivity contribution in [1.82, 2.24) is 5.32 Å². The predicted molar refractivity (Wildman–Crippen MR) is 85.5 cm³/mol. The van der Waals surface area contributed by atoms with Gasteiger partial charge in [-0.25, -0.2) is 0 Å². The van der Waals surface area contributed by atoms with Crippen molar-refractivity contribution >= 4 is 5.91 Å². The Morgan fingerprint density at radius 3 is 2.62 bits per heavy atom. The molecule has 1 aromatic carbocycles. The first kappa shape index (κ1) is 17.0. The standard InChI is InChI=1S/C18H23F2NO3/c1-10(14-8-11-3-4-12(14)7-11)21-17(22)13-5-6-15(24-18(19)20)16(9-13)23-2/h5-6,9-12,14,18H,3-4,7-8H2,1-2H3,(H,21,22)/t10-,11-,12-,14-/m0/s1. The lowest BCUT2D eigenvalue weighted by molar-refractivity contribution is -0.0512. The number of ether oxygens (including phenoxy) is 2. The summed E-state index contributed by atoms with van der Waals surface area (Å²) in [7, 11) is 1.35. The van der Waals surface area contributed by atoms with Gasteiger partial charge in [0.2, 0.25) is 0 Å². The quantitative estimate of drug-likeness (QED) is 0.856. The van der Waals surface area contributed by atoms with Crippen LogP contribution in [0.2, 0.25) is 0 Å². The van der Waals surface area contributed by atoms with Crippen molar-refractivity contribution in [1.29, 1.82) is 0 Å². The summed E-state index contributed by atoms with van der Waals surface area (Å²) < 4.78 is 34.1. The highest BCUT2D eigenvalue weighted by molar-refractivity contribution is 5.95. The molecule has 2 saturated carbocycles. The van der Waals surface area contributed by atoms with E-state index < -0.39 is 6.61 Å². The maximum absolute atomic E-state index is 12.5. The zero-order chi connectivity index (χ0) is 17.3. The predicted octanol–water partition coefficient (Wildman–Crippen LogP) is 3.85. The van der Waals surface area contributed by atoms with Crippen LogP contribution in [0.1, 0.15) is 43.0 Å². The third kappa shape index (κ3) is 3.47. The number of fused-ring (bicyclic) bond motifs is 2. The molecule has 6 heteroatoms. The number of amides is 1. The first-order valence-corrected chi connectivity index (χ1v) is 8.41. The van der Waals surface area contributed by atoms with Gasteiger partial charge in [0, 0.05) is 11.6 Å². The third-order valence-electron chi connectivity index (χ3n) is 5.44. The van der Waals surface area contributed by atoms with E-state index in [4.69, 9.17) is 4.74 Å². The molecule has 0 spiro atoms. The zero-order valence-electron chi connectivity index (χ0n) is 13.9. The van der Waals surface area contributed by atoms with E-state index in [9.17, 15) is 13.6 Å². The van der Waals surface area contributed by atoms with Crippen LogP contribution >= 0.6 is 0 Å². The highest BCUT2D eigenvalue weighted by Crippen LogP contribution is 2.49. The number of carbonyl (C=O) groups is 1. The van der Waals surface area contributed by atoms with E-state index in [0.29, 0.717) is 11.5 Å². The number of hydrogen-bond donors (Lipinski definition) is 1. The van der Waals surface area contributed by atoms with Gasteiger partial charge in [0.25, 0.3) is 5.91 Å². The fourth-order valence-corrected chi connectivity index (χ4v) is 4.31. The summed E-state index contributed by atoms with van der Waals surface area (Å²) >= 11 is 0. The van der Waals surface area contributed by atoms with Crippen molar-refractivity contribution in [3.63, 3.8) is 0 Å². The summed E-state index contributed by atoms with van der Waals surface area (Å²) in [4.78, 5) is 12.5. The van der Waals surface area contributed by atoms with Gasteiger partial charge in [-0.05, 0) is 62.1 Å². The Morgan fingerprint density at radius 2 is 2.04 bits per heavy atom. The molecule has 0 saturated heterocycles. The van der Waals surface area contributed by atoms with Gasteiger partial charge in [0.05, 0.1) is 7.11 Å². The van der Waals surface area contributed by atoms with Gasteiger partial charge < -0.3 is 14.8 Å². The zero-order valence-corrected chi connectivity index (χ0v) is 13.9. The number of hydrogen-bond acceptors (Lipinski definition) is 3. The molecule has 1 N–H and O–H groups in total. The molecule has 2 aliphatic carbocycles. The molecular formula is C18H23F2NO3. The Labute approximate surface area is 140 Å². The second-order valence-electron chi connectivity index (χ2n) is 6.84. The summed E-state index contributed by atoms with van der Waals surface area (Å²) in [5, 5.41) is 3.05. The molecule has 0 radical (unpaired) electrons. The molecule has 2 bridgehead atoms. The van der Waals surface area contributed by atoms with E-state index in [0.717, 1.165) is 11.8 Å². The highest BCUT2D eigenvalue weighted by Gasteiger charge is 2.42. The van der Waals surface area contributed by atoms with Crippen molar-refractivity contribution < 1.29 is 23.0 Å². The summed E-state index contributed by atoms with van der Waals surface area (Å²) in [6.07, 6.45) is 5.07. The molecule has 2 aliphatic rings. The van der Waals surface area contributed by atoms with Crippen molar-refractivity contribution in [2.75, 3.05) is 7.11 Å². The monoisotopic (exact) mass is 339 g/mol. The number of benzene rings is 1. The molecule has 0 aliphatic heterocycles. The summed E-state index contributed by atoms with van der Waals surface area (Å²) in [6.45, 7) is -0.884. The first-order chi connectivity index (χ1) is 11.5. The molecule has 3 rings (SSSR count). The van der Waals surface area contributed by atoms with E-state index in [2.05, 4.69) is 17.0 Å². The number of methoxy groups -OCH3 is 1. The minimum Gasteiger partial charge on any atom is -0.493 e. The van der Waals surface area contributed by atoms with Gasteiger partial charge in [0.15, 0.2) is 11.5 Å². The Balaban J connectivity index is 1.66. The maximum atomic E-state index is 12.5. The second kappa shape index (κ2) is 6.95. The van der Waals surface area contributed by atoms with Crippen LogP contribution in [0.25, 0.3) is 0 Å². The van der Waals surface area contributed by atoms with Gasteiger partial charge in [0.1, 0.15) is 0 Å². The van der Waals surface area contributed by atoms with Crippen molar-refractivity contribution in [2.24, 2.45) is 17.8 Å². The third-order valence-corrected chi connectivity index (χ3v) is 5.44. The molecule has 2 fully saturated rings. The molecule has 4 nitrogen and oxygen atoms in total. The van der Waals surface area contributed by atoms with Crippen LogP contribution in [-0.4, -0.2) is 25.7 Å². The lowest BCUT2D eigenvalue weighted by Gasteiger charge is -2.28. The van der Waals surface area contributed by atoms with E-state index in [1.54, 1.807) is 0 Å². The Bertz CT molecular complexity index is 608. The molecule has 132 valence electrons. The van der Waals surface area contributed by atoms with Gasteiger partial charge in [-0.2, -0.15) is 8.78 Å². The number of halogens is 2. The van der Waals surface area contributed by atoms with Crippen LogP contribution in [0.4, 0.5) is 8.78 Å². The smallest absolute Gasteiger partial charge is 0.387 e. The number of rotatable bonds is 6. The molecule has 24 heavy (non-hydrogen) atoms. The van der Waals surface area contributed by atoms with Crippen LogP contribution in [0, 0.1) is 17.8 Å². The maximum Gasteiger partial charge on any atom is 0.387 e. The van der Waals surface area contributed by atoms with E-state index >= 15 is 0 Å². The molecule has 1 aromatic rings. The van der Waals surface area contributed by atoms with Crippen LogP contribution < -0.4 is 14.8 Å². The number of carbonyl (C=O) groups excluding carboxylic acids is 1. The average molecular weight is 339 g/mol. The lowest BCUT2D eigenvalue weighted by atomic mass is 9.84. The van der Waals surface area contributed by atoms with Crippen molar-refractivity contribution in [3.8, 4) is 11.5 Å². The lowest BCUT2D eigenvalue weighted by Crippen LogP contribution is -2.40. The van der Waals surface area contributed by atoms with Gasteiger partial charge in [-0.3, -0.25) is 4.79 Å². The highest BCUT2D eigenvalue weighted by atomic mass is 19.3. The van der Waals surface area contributed by atoms with E-state index in [1.165, 1.54) is 51.0 Å². The van der Waals surface area contributed by atoms with E-state index in [1.807, 2.05) is 0 Å².